The van der Waals surface area contributed by atoms with Crippen molar-refractivity contribution < 1.29 is 4.74 Å². The maximum atomic E-state index is 6.31. The van der Waals surface area contributed by atoms with Gasteiger partial charge in [0.15, 0.2) is 0 Å². The molecule has 2 heteroatoms. The highest BCUT2D eigenvalue weighted by molar-refractivity contribution is 5.08. The summed E-state index contributed by atoms with van der Waals surface area (Å²) in [6.45, 7) is 7.92. The van der Waals surface area contributed by atoms with Crippen molar-refractivity contribution in [1.29, 1.82) is 0 Å². The lowest BCUT2D eigenvalue weighted by molar-refractivity contribution is 0.128. The molecular weight excluding hydrogens is 210 g/mol. The lowest BCUT2D eigenvalue weighted by Crippen LogP contribution is -2.37. The number of nitrogens with two attached hydrogens (primary N) is 1. The van der Waals surface area contributed by atoms with E-state index < -0.39 is 0 Å². The van der Waals surface area contributed by atoms with Crippen molar-refractivity contribution in [3.05, 3.63) is 11.8 Å². The van der Waals surface area contributed by atoms with Crippen LogP contribution in [0.15, 0.2) is 11.8 Å². The van der Waals surface area contributed by atoms with Gasteiger partial charge in [-0.2, -0.15) is 0 Å². The first-order valence-electron chi connectivity index (χ1n) is 7.07. The predicted molar refractivity (Wildman–Crippen MR) is 71.5 cm³/mol. The van der Waals surface area contributed by atoms with E-state index in [-0.39, 0.29) is 6.04 Å². The molecule has 0 amide bonds. The highest BCUT2D eigenvalue weighted by Gasteiger charge is 2.33. The highest BCUT2D eigenvalue weighted by Crippen LogP contribution is 2.41. The fourth-order valence-electron chi connectivity index (χ4n) is 3.25. The molecule has 98 valence electrons. The van der Waals surface area contributed by atoms with Crippen LogP contribution in [0.1, 0.15) is 52.9 Å². The summed E-state index contributed by atoms with van der Waals surface area (Å²) in [5.74, 6) is 2.56. The van der Waals surface area contributed by atoms with Crippen LogP contribution in [0.4, 0.5) is 0 Å². The van der Waals surface area contributed by atoms with Crippen LogP contribution in [0.3, 0.4) is 0 Å². The average Bonchev–Trinajstić information content (AvgIpc) is 2.80. The molecule has 1 saturated carbocycles. The standard InChI is InChI=1S/C15H27NO/c1-15(2,3)12-8-6-11(7-9-12)14(16)13-5-4-10-17-13/h5,11-12,14H,4,6-10,16H2,1-3H3. The van der Waals surface area contributed by atoms with E-state index in [0.717, 1.165) is 24.7 Å². The molecule has 0 radical (unpaired) electrons. The first kappa shape index (κ1) is 12.9. The van der Waals surface area contributed by atoms with Crippen LogP contribution in [0.2, 0.25) is 0 Å². The van der Waals surface area contributed by atoms with E-state index in [1.54, 1.807) is 0 Å². The molecule has 17 heavy (non-hydrogen) atoms. The van der Waals surface area contributed by atoms with E-state index >= 15 is 0 Å². The average molecular weight is 237 g/mol. The van der Waals surface area contributed by atoms with Crippen LogP contribution in [-0.4, -0.2) is 12.6 Å². The molecule has 2 nitrogen and oxygen atoms in total. The number of ether oxygens (including phenoxy) is 1. The largest absolute Gasteiger partial charge is 0.496 e. The molecule has 1 heterocycles. The predicted octanol–water partition coefficient (Wildman–Crippen LogP) is 3.47. The Bertz CT molecular complexity index is 282. The topological polar surface area (TPSA) is 35.2 Å². The van der Waals surface area contributed by atoms with Crippen LogP contribution in [0.25, 0.3) is 0 Å². The van der Waals surface area contributed by atoms with Crippen molar-refractivity contribution >= 4 is 0 Å². The minimum Gasteiger partial charge on any atom is -0.496 e. The molecule has 0 saturated heterocycles. The molecule has 0 bridgehead atoms. The molecule has 2 aliphatic rings. The van der Waals surface area contributed by atoms with Gasteiger partial charge in [-0.1, -0.05) is 20.8 Å². The Hall–Kier alpha value is -0.500. The third kappa shape index (κ3) is 3.04. The van der Waals surface area contributed by atoms with Gasteiger partial charge in [-0.15, -0.1) is 0 Å². The van der Waals surface area contributed by atoms with Crippen molar-refractivity contribution in [2.45, 2.75) is 58.9 Å². The van der Waals surface area contributed by atoms with Gasteiger partial charge in [0.05, 0.1) is 12.6 Å². The summed E-state index contributed by atoms with van der Waals surface area (Å²) in [5, 5.41) is 0. The van der Waals surface area contributed by atoms with Crippen molar-refractivity contribution in [1.82, 2.24) is 0 Å². The van der Waals surface area contributed by atoms with Gasteiger partial charge in [0.25, 0.3) is 0 Å². The molecule has 2 N–H and O–H groups in total. The van der Waals surface area contributed by atoms with Crippen LogP contribution in [0, 0.1) is 17.3 Å². The van der Waals surface area contributed by atoms with Gasteiger partial charge < -0.3 is 10.5 Å². The molecule has 1 aliphatic carbocycles. The summed E-state index contributed by atoms with van der Waals surface area (Å²) in [6.07, 6.45) is 8.42. The molecule has 0 aromatic rings. The summed E-state index contributed by atoms with van der Waals surface area (Å²) >= 11 is 0. The Labute approximate surface area is 106 Å². The van der Waals surface area contributed by atoms with Crippen molar-refractivity contribution in [2.75, 3.05) is 6.61 Å². The van der Waals surface area contributed by atoms with E-state index in [2.05, 4.69) is 26.8 Å². The van der Waals surface area contributed by atoms with E-state index in [1.165, 1.54) is 25.7 Å². The first-order valence-corrected chi connectivity index (χ1v) is 7.07. The third-order valence-corrected chi connectivity index (χ3v) is 4.57. The SMILES string of the molecule is CC(C)(C)C1CCC(C(N)C2=CCCO2)CC1. The Kier molecular flexibility index (Phi) is 3.82. The lowest BCUT2D eigenvalue weighted by Gasteiger charge is -2.38. The Morgan fingerprint density at radius 2 is 1.88 bits per heavy atom. The maximum Gasteiger partial charge on any atom is 0.109 e. The summed E-state index contributed by atoms with van der Waals surface area (Å²) < 4.78 is 5.60. The summed E-state index contributed by atoms with van der Waals surface area (Å²) in [7, 11) is 0. The zero-order chi connectivity index (χ0) is 12.5. The van der Waals surface area contributed by atoms with E-state index in [0.29, 0.717) is 11.3 Å². The van der Waals surface area contributed by atoms with Gasteiger partial charge in [0.2, 0.25) is 0 Å². The second kappa shape index (κ2) is 5.01. The summed E-state index contributed by atoms with van der Waals surface area (Å²) in [6, 6.07) is 0.151. The molecule has 0 aromatic carbocycles. The summed E-state index contributed by atoms with van der Waals surface area (Å²) in [5.41, 5.74) is 6.77. The quantitative estimate of drug-likeness (QED) is 0.798. The number of hydrogen-bond acceptors (Lipinski definition) is 2. The lowest BCUT2D eigenvalue weighted by atomic mass is 9.68. The van der Waals surface area contributed by atoms with Gasteiger partial charge >= 0.3 is 0 Å². The van der Waals surface area contributed by atoms with Crippen molar-refractivity contribution in [2.24, 2.45) is 23.0 Å². The maximum absolute atomic E-state index is 6.31. The molecule has 1 fully saturated rings. The fraction of sp³-hybridized carbons (Fsp3) is 0.867. The zero-order valence-electron chi connectivity index (χ0n) is 11.5. The molecule has 1 unspecified atom stereocenters. The minimum atomic E-state index is 0.151. The zero-order valence-corrected chi connectivity index (χ0v) is 11.5. The minimum absolute atomic E-state index is 0.151. The smallest absolute Gasteiger partial charge is 0.109 e. The molecule has 1 aliphatic heterocycles. The van der Waals surface area contributed by atoms with Gasteiger partial charge in [-0.25, -0.2) is 0 Å². The first-order chi connectivity index (χ1) is 7.98. The van der Waals surface area contributed by atoms with Crippen molar-refractivity contribution in [3.8, 4) is 0 Å². The van der Waals surface area contributed by atoms with Crippen LogP contribution < -0.4 is 5.73 Å². The summed E-state index contributed by atoms with van der Waals surface area (Å²) in [4.78, 5) is 0. The van der Waals surface area contributed by atoms with Crippen molar-refractivity contribution in [3.63, 3.8) is 0 Å². The number of rotatable bonds is 2. The van der Waals surface area contributed by atoms with Gasteiger partial charge in [-0.05, 0) is 49.0 Å². The van der Waals surface area contributed by atoms with E-state index in [1.807, 2.05) is 0 Å². The molecular formula is C15H27NO. The van der Waals surface area contributed by atoms with E-state index in [9.17, 15) is 0 Å². The second-order valence-corrected chi connectivity index (χ2v) is 6.75. The molecule has 2 rings (SSSR count). The van der Waals surface area contributed by atoms with E-state index in [4.69, 9.17) is 10.5 Å². The highest BCUT2D eigenvalue weighted by atomic mass is 16.5. The second-order valence-electron chi connectivity index (χ2n) is 6.75. The molecule has 1 atom stereocenters. The Balaban J connectivity index is 1.86. The van der Waals surface area contributed by atoms with Gasteiger partial charge in [-0.3, -0.25) is 0 Å². The van der Waals surface area contributed by atoms with Crippen LogP contribution in [0.5, 0.6) is 0 Å². The monoisotopic (exact) mass is 237 g/mol. The Morgan fingerprint density at radius 3 is 2.35 bits per heavy atom. The number of hydrogen-bond donors (Lipinski definition) is 1. The van der Waals surface area contributed by atoms with Gasteiger partial charge in [0, 0.05) is 6.42 Å². The normalized spacial score (nSPS) is 31.9. The Morgan fingerprint density at radius 1 is 1.24 bits per heavy atom. The molecule has 0 spiro atoms. The van der Waals surface area contributed by atoms with Crippen LogP contribution in [-0.2, 0) is 4.74 Å². The third-order valence-electron chi connectivity index (χ3n) is 4.57. The molecule has 0 aromatic heterocycles. The van der Waals surface area contributed by atoms with Crippen LogP contribution >= 0.6 is 0 Å². The van der Waals surface area contributed by atoms with Gasteiger partial charge in [0.1, 0.15) is 5.76 Å². The fourth-order valence-corrected chi connectivity index (χ4v) is 3.25.